The van der Waals surface area contributed by atoms with E-state index in [0.29, 0.717) is 6.42 Å². The third-order valence-electron chi connectivity index (χ3n) is 3.61. The number of para-hydroxylation sites is 1. The van der Waals surface area contributed by atoms with Crippen molar-refractivity contribution in [3.63, 3.8) is 0 Å². The van der Waals surface area contributed by atoms with Crippen molar-refractivity contribution in [1.29, 1.82) is 0 Å². The Labute approximate surface area is 135 Å². The Morgan fingerprint density at radius 1 is 1.04 bits per heavy atom. The maximum absolute atomic E-state index is 12.1. The van der Waals surface area contributed by atoms with Crippen LogP contribution < -0.4 is 5.32 Å². The van der Waals surface area contributed by atoms with E-state index in [1.54, 1.807) is 0 Å². The summed E-state index contributed by atoms with van der Waals surface area (Å²) in [4.78, 5) is 12.1. The zero-order valence-corrected chi connectivity index (χ0v) is 13.3. The Morgan fingerprint density at radius 3 is 2.35 bits per heavy atom. The van der Waals surface area contributed by atoms with Gasteiger partial charge in [-0.25, -0.2) is 4.68 Å². The van der Waals surface area contributed by atoms with Gasteiger partial charge < -0.3 is 5.32 Å². The number of carbonyl (C=O) groups is 1. The molecule has 0 radical (unpaired) electrons. The lowest BCUT2D eigenvalue weighted by atomic mass is 10.1. The number of carbonyl (C=O) groups excluding carboxylic acids is 1. The van der Waals surface area contributed by atoms with Gasteiger partial charge in [0.1, 0.15) is 0 Å². The van der Waals surface area contributed by atoms with E-state index in [1.807, 2.05) is 79.2 Å². The zero-order chi connectivity index (χ0) is 16.2. The fourth-order valence-corrected chi connectivity index (χ4v) is 2.56. The number of benzene rings is 2. The van der Waals surface area contributed by atoms with E-state index in [9.17, 15) is 4.79 Å². The summed E-state index contributed by atoms with van der Waals surface area (Å²) in [7, 11) is 0. The molecule has 0 fully saturated rings. The van der Waals surface area contributed by atoms with Gasteiger partial charge in [0, 0.05) is 11.4 Å². The van der Waals surface area contributed by atoms with Gasteiger partial charge in [0.2, 0.25) is 5.91 Å². The molecule has 1 N–H and O–H groups in total. The van der Waals surface area contributed by atoms with E-state index in [4.69, 9.17) is 0 Å². The van der Waals surface area contributed by atoms with E-state index >= 15 is 0 Å². The standard InChI is InChI=1S/C19H19N3O/c1-14-12-15(2)22(21-14)18-10-8-16(9-11-18)13-19(23)20-17-6-4-3-5-7-17/h3-12H,13H2,1-2H3,(H,20,23). The summed E-state index contributed by atoms with van der Waals surface area (Å²) in [5.74, 6) is -0.0185. The van der Waals surface area contributed by atoms with Crippen LogP contribution in [0.4, 0.5) is 5.69 Å². The normalized spacial score (nSPS) is 10.5. The van der Waals surface area contributed by atoms with Gasteiger partial charge in [-0.2, -0.15) is 5.10 Å². The molecule has 0 saturated carbocycles. The lowest BCUT2D eigenvalue weighted by Crippen LogP contribution is -2.14. The molecule has 3 aromatic rings. The lowest BCUT2D eigenvalue weighted by molar-refractivity contribution is -0.115. The molecule has 0 atom stereocenters. The second kappa shape index (κ2) is 6.48. The van der Waals surface area contributed by atoms with Gasteiger partial charge in [0.05, 0.1) is 17.8 Å². The minimum absolute atomic E-state index is 0.0185. The molecule has 116 valence electrons. The molecule has 0 aliphatic heterocycles. The molecule has 1 aromatic heterocycles. The molecule has 1 amide bonds. The Morgan fingerprint density at radius 2 is 1.74 bits per heavy atom. The third kappa shape index (κ3) is 3.66. The van der Waals surface area contributed by atoms with Crippen molar-refractivity contribution in [1.82, 2.24) is 9.78 Å². The molecule has 1 heterocycles. The van der Waals surface area contributed by atoms with Crippen LogP contribution >= 0.6 is 0 Å². The number of anilines is 1. The number of rotatable bonds is 4. The van der Waals surface area contributed by atoms with E-state index in [2.05, 4.69) is 10.4 Å². The monoisotopic (exact) mass is 305 g/mol. The highest BCUT2D eigenvalue weighted by Gasteiger charge is 2.06. The van der Waals surface area contributed by atoms with Crippen molar-refractivity contribution in [2.24, 2.45) is 0 Å². The summed E-state index contributed by atoms with van der Waals surface area (Å²) < 4.78 is 1.91. The molecule has 0 saturated heterocycles. The number of nitrogens with zero attached hydrogens (tertiary/aromatic N) is 2. The second-order valence-corrected chi connectivity index (χ2v) is 5.60. The van der Waals surface area contributed by atoms with Gasteiger partial charge >= 0.3 is 0 Å². The predicted molar refractivity (Wildman–Crippen MR) is 91.8 cm³/mol. The van der Waals surface area contributed by atoms with Crippen molar-refractivity contribution in [2.45, 2.75) is 20.3 Å². The minimum atomic E-state index is -0.0185. The Balaban J connectivity index is 1.68. The Kier molecular flexibility index (Phi) is 4.24. The van der Waals surface area contributed by atoms with Crippen LogP contribution in [-0.2, 0) is 11.2 Å². The van der Waals surface area contributed by atoms with Gasteiger partial charge in [-0.1, -0.05) is 30.3 Å². The summed E-state index contributed by atoms with van der Waals surface area (Å²) in [6.07, 6.45) is 0.353. The Bertz CT molecular complexity index is 804. The molecule has 2 aromatic carbocycles. The average Bonchev–Trinajstić information content (AvgIpc) is 2.87. The first-order valence-corrected chi connectivity index (χ1v) is 7.59. The highest BCUT2D eigenvalue weighted by atomic mass is 16.1. The number of aromatic nitrogens is 2. The van der Waals surface area contributed by atoms with Crippen molar-refractivity contribution in [3.05, 3.63) is 77.6 Å². The summed E-state index contributed by atoms with van der Waals surface area (Å²) in [6, 6.07) is 19.4. The van der Waals surface area contributed by atoms with Crippen molar-refractivity contribution < 1.29 is 4.79 Å². The van der Waals surface area contributed by atoms with Crippen LogP contribution in [0.1, 0.15) is 17.0 Å². The molecule has 0 unspecified atom stereocenters. The van der Waals surface area contributed by atoms with Crippen LogP contribution in [0.2, 0.25) is 0 Å². The number of hydrogen-bond acceptors (Lipinski definition) is 2. The largest absolute Gasteiger partial charge is 0.326 e. The molecular formula is C19H19N3O. The molecule has 3 rings (SSSR count). The van der Waals surface area contributed by atoms with Crippen LogP contribution in [0.3, 0.4) is 0 Å². The van der Waals surface area contributed by atoms with Crippen molar-refractivity contribution in [3.8, 4) is 5.69 Å². The molecule has 0 bridgehead atoms. The lowest BCUT2D eigenvalue weighted by Gasteiger charge is -2.07. The highest BCUT2D eigenvalue weighted by molar-refractivity contribution is 5.92. The zero-order valence-electron chi connectivity index (χ0n) is 13.3. The van der Waals surface area contributed by atoms with Gasteiger partial charge in [-0.05, 0) is 49.7 Å². The van der Waals surface area contributed by atoms with E-state index in [1.165, 1.54) is 0 Å². The van der Waals surface area contributed by atoms with Crippen LogP contribution in [0.15, 0.2) is 60.7 Å². The van der Waals surface area contributed by atoms with Gasteiger partial charge in [0.25, 0.3) is 0 Å². The fourth-order valence-electron chi connectivity index (χ4n) is 2.56. The second-order valence-electron chi connectivity index (χ2n) is 5.60. The van der Waals surface area contributed by atoms with Crippen LogP contribution in [0.25, 0.3) is 5.69 Å². The van der Waals surface area contributed by atoms with Crippen molar-refractivity contribution in [2.75, 3.05) is 5.32 Å². The Hall–Kier alpha value is -2.88. The summed E-state index contributed by atoms with van der Waals surface area (Å²) in [5, 5.41) is 7.36. The van der Waals surface area contributed by atoms with Crippen molar-refractivity contribution >= 4 is 11.6 Å². The van der Waals surface area contributed by atoms with Gasteiger partial charge in [0.15, 0.2) is 0 Å². The van der Waals surface area contributed by atoms with Gasteiger partial charge in [-0.3, -0.25) is 4.79 Å². The van der Waals surface area contributed by atoms with E-state index < -0.39 is 0 Å². The van der Waals surface area contributed by atoms with Crippen LogP contribution in [0, 0.1) is 13.8 Å². The number of nitrogens with one attached hydrogen (secondary N) is 1. The predicted octanol–water partition coefficient (Wildman–Crippen LogP) is 3.67. The molecule has 0 aliphatic rings. The van der Waals surface area contributed by atoms with Gasteiger partial charge in [-0.15, -0.1) is 0 Å². The average molecular weight is 305 g/mol. The van der Waals surface area contributed by atoms with Crippen LogP contribution in [0.5, 0.6) is 0 Å². The molecular weight excluding hydrogens is 286 g/mol. The number of hydrogen-bond donors (Lipinski definition) is 1. The SMILES string of the molecule is Cc1cc(C)n(-c2ccc(CC(=O)Nc3ccccc3)cc2)n1. The topological polar surface area (TPSA) is 46.9 Å². The third-order valence-corrected chi connectivity index (χ3v) is 3.61. The first-order chi connectivity index (χ1) is 11.1. The quantitative estimate of drug-likeness (QED) is 0.799. The summed E-state index contributed by atoms with van der Waals surface area (Å²) >= 11 is 0. The maximum Gasteiger partial charge on any atom is 0.228 e. The molecule has 23 heavy (non-hydrogen) atoms. The first kappa shape index (κ1) is 15.0. The van der Waals surface area contributed by atoms with E-state index in [0.717, 1.165) is 28.3 Å². The fraction of sp³-hybridized carbons (Fsp3) is 0.158. The smallest absolute Gasteiger partial charge is 0.228 e. The molecule has 4 nitrogen and oxygen atoms in total. The minimum Gasteiger partial charge on any atom is -0.326 e. The molecule has 0 spiro atoms. The van der Waals surface area contributed by atoms with Crippen LogP contribution in [-0.4, -0.2) is 15.7 Å². The highest BCUT2D eigenvalue weighted by Crippen LogP contribution is 2.14. The first-order valence-electron chi connectivity index (χ1n) is 7.59. The summed E-state index contributed by atoms with van der Waals surface area (Å²) in [6.45, 7) is 4.01. The molecule has 4 heteroatoms. The maximum atomic E-state index is 12.1. The number of amides is 1. The number of aryl methyl sites for hydroxylation is 2. The molecule has 0 aliphatic carbocycles. The summed E-state index contributed by atoms with van der Waals surface area (Å²) in [5.41, 5.74) is 4.88. The van der Waals surface area contributed by atoms with E-state index in [-0.39, 0.29) is 5.91 Å².